The number of carbonyl (C=O) groups is 1. The molecule has 3 rings (SSSR count). The number of hydrogen-bond donors (Lipinski definition) is 1. The van der Waals surface area contributed by atoms with Gasteiger partial charge < -0.3 is 4.57 Å². The molecule has 0 radical (unpaired) electrons. The van der Waals surface area contributed by atoms with Crippen molar-refractivity contribution in [2.24, 2.45) is 5.10 Å². The average molecular weight is 317 g/mol. The van der Waals surface area contributed by atoms with Crippen LogP contribution in [0.25, 0.3) is 0 Å². The Labute approximate surface area is 132 Å². The highest BCUT2D eigenvalue weighted by Crippen LogP contribution is 2.19. The number of halogens is 1. The van der Waals surface area contributed by atoms with Crippen LogP contribution in [0.2, 0.25) is 0 Å². The molecule has 1 amide bonds. The summed E-state index contributed by atoms with van der Waals surface area (Å²) < 4.78 is 14.9. The fourth-order valence-electron chi connectivity index (χ4n) is 2.32. The number of nitrogens with zero attached hydrogens (tertiary/aromatic N) is 2. The van der Waals surface area contributed by atoms with Gasteiger partial charge in [0.05, 0.1) is 11.4 Å². The van der Waals surface area contributed by atoms with Crippen molar-refractivity contribution in [3.63, 3.8) is 0 Å². The summed E-state index contributed by atoms with van der Waals surface area (Å²) in [4.78, 5) is 12.7. The molecule has 6 heteroatoms. The van der Waals surface area contributed by atoms with E-state index in [1.165, 1.54) is 23.9 Å². The average Bonchev–Trinajstić information content (AvgIpc) is 3.11. The monoisotopic (exact) mass is 317 g/mol. The number of thioether (sulfide) groups is 1. The number of nitrogens with one attached hydrogen (secondary N) is 1. The van der Waals surface area contributed by atoms with E-state index in [1.807, 2.05) is 18.3 Å². The van der Waals surface area contributed by atoms with Gasteiger partial charge in [0, 0.05) is 36.2 Å². The molecule has 4 nitrogen and oxygen atoms in total. The first-order valence-electron chi connectivity index (χ1n) is 7.11. The van der Waals surface area contributed by atoms with Crippen molar-refractivity contribution in [2.75, 3.05) is 5.75 Å². The third-order valence-electron chi connectivity index (χ3n) is 3.44. The molecule has 1 aliphatic heterocycles. The molecule has 2 aromatic rings. The first kappa shape index (κ1) is 14.8. The largest absolute Gasteiger partial charge is 0.346 e. The SMILES string of the molecule is O=C(CCSc1ccc(F)cc1)NN=C1CCn2cccc21. The minimum absolute atomic E-state index is 0.105. The van der Waals surface area contributed by atoms with Crippen molar-refractivity contribution >= 4 is 23.4 Å². The molecule has 0 fully saturated rings. The van der Waals surface area contributed by atoms with Crippen LogP contribution in [-0.2, 0) is 11.3 Å². The Bertz CT molecular complexity index is 694. The molecule has 1 aliphatic rings. The smallest absolute Gasteiger partial charge is 0.240 e. The Hall–Kier alpha value is -2.08. The van der Waals surface area contributed by atoms with Crippen LogP contribution in [0.1, 0.15) is 18.5 Å². The second-order valence-electron chi connectivity index (χ2n) is 4.98. The second kappa shape index (κ2) is 6.79. The molecule has 22 heavy (non-hydrogen) atoms. The van der Waals surface area contributed by atoms with Crippen molar-refractivity contribution in [3.05, 3.63) is 54.1 Å². The summed E-state index contributed by atoms with van der Waals surface area (Å²) in [5, 5.41) is 4.21. The molecule has 1 aromatic carbocycles. The summed E-state index contributed by atoms with van der Waals surface area (Å²) in [7, 11) is 0. The van der Waals surface area contributed by atoms with E-state index in [0.717, 1.165) is 29.3 Å². The molecule has 0 bridgehead atoms. The molecule has 0 saturated carbocycles. The van der Waals surface area contributed by atoms with Crippen molar-refractivity contribution in [2.45, 2.75) is 24.3 Å². The number of rotatable bonds is 5. The van der Waals surface area contributed by atoms with Crippen LogP contribution < -0.4 is 5.43 Å². The summed E-state index contributed by atoms with van der Waals surface area (Å²) in [6, 6.07) is 10.2. The lowest BCUT2D eigenvalue weighted by Crippen LogP contribution is -2.19. The number of hydrogen-bond acceptors (Lipinski definition) is 3. The maximum absolute atomic E-state index is 12.8. The van der Waals surface area contributed by atoms with Crippen LogP contribution in [0.15, 0.2) is 52.6 Å². The van der Waals surface area contributed by atoms with Crippen molar-refractivity contribution < 1.29 is 9.18 Å². The maximum Gasteiger partial charge on any atom is 0.240 e. The summed E-state index contributed by atoms with van der Waals surface area (Å²) in [6.07, 6.45) is 3.24. The van der Waals surface area contributed by atoms with Crippen LogP contribution in [0, 0.1) is 5.82 Å². The highest BCUT2D eigenvalue weighted by Gasteiger charge is 2.16. The zero-order valence-electron chi connectivity index (χ0n) is 12.0. The molecule has 1 aromatic heterocycles. The fourth-order valence-corrected chi connectivity index (χ4v) is 3.17. The first-order valence-corrected chi connectivity index (χ1v) is 8.10. The van der Waals surface area contributed by atoms with E-state index in [9.17, 15) is 9.18 Å². The van der Waals surface area contributed by atoms with Crippen LogP contribution in [0.5, 0.6) is 0 Å². The van der Waals surface area contributed by atoms with Crippen molar-refractivity contribution in [1.29, 1.82) is 0 Å². The van der Waals surface area contributed by atoms with E-state index >= 15 is 0 Å². The van der Waals surface area contributed by atoms with Gasteiger partial charge >= 0.3 is 0 Å². The lowest BCUT2D eigenvalue weighted by molar-refractivity contribution is -0.120. The van der Waals surface area contributed by atoms with E-state index in [-0.39, 0.29) is 11.7 Å². The van der Waals surface area contributed by atoms with E-state index in [2.05, 4.69) is 15.1 Å². The van der Waals surface area contributed by atoms with Gasteiger partial charge in [0.2, 0.25) is 5.91 Å². The van der Waals surface area contributed by atoms with Gasteiger partial charge in [-0.2, -0.15) is 5.10 Å². The Kier molecular flexibility index (Phi) is 4.58. The molecule has 2 heterocycles. The molecule has 114 valence electrons. The fraction of sp³-hybridized carbons (Fsp3) is 0.250. The Morgan fingerprint density at radius 3 is 2.95 bits per heavy atom. The van der Waals surface area contributed by atoms with Crippen LogP contribution in [0.4, 0.5) is 4.39 Å². The molecule has 0 unspecified atom stereocenters. The van der Waals surface area contributed by atoms with Crippen molar-refractivity contribution in [1.82, 2.24) is 9.99 Å². The molecular formula is C16H16FN3OS. The van der Waals surface area contributed by atoms with Gasteiger partial charge in [-0.05, 0) is 36.4 Å². The number of aryl methyl sites for hydroxylation is 1. The number of carbonyl (C=O) groups excluding carboxylic acids is 1. The number of amides is 1. The summed E-state index contributed by atoms with van der Waals surface area (Å²) in [5.74, 6) is 0.282. The van der Waals surface area contributed by atoms with Gasteiger partial charge in [-0.3, -0.25) is 4.79 Å². The standard InChI is InChI=1S/C16H16FN3OS/c17-12-3-5-13(6-4-12)22-11-8-16(21)19-18-14-7-10-20-9-1-2-15(14)20/h1-6,9H,7-8,10-11H2,(H,19,21). The van der Waals surface area contributed by atoms with Gasteiger partial charge in [-0.15, -0.1) is 11.8 Å². The molecule has 0 saturated heterocycles. The number of benzene rings is 1. The van der Waals surface area contributed by atoms with Gasteiger partial charge in [-0.1, -0.05) is 0 Å². The number of fused-ring (bicyclic) bond motifs is 1. The molecule has 0 spiro atoms. The highest BCUT2D eigenvalue weighted by atomic mass is 32.2. The van der Waals surface area contributed by atoms with Gasteiger partial charge in [-0.25, -0.2) is 9.82 Å². The maximum atomic E-state index is 12.8. The highest BCUT2D eigenvalue weighted by molar-refractivity contribution is 7.99. The van der Waals surface area contributed by atoms with Crippen LogP contribution >= 0.6 is 11.8 Å². The van der Waals surface area contributed by atoms with Crippen molar-refractivity contribution in [3.8, 4) is 0 Å². The Morgan fingerprint density at radius 2 is 2.14 bits per heavy atom. The minimum Gasteiger partial charge on any atom is -0.346 e. The first-order chi connectivity index (χ1) is 10.7. The number of hydrazone groups is 1. The van der Waals surface area contributed by atoms with Gasteiger partial charge in [0.1, 0.15) is 5.82 Å². The lowest BCUT2D eigenvalue weighted by Gasteiger charge is -2.02. The molecule has 0 aliphatic carbocycles. The normalized spacial score (nSPS) is 15.0. The zero-order chi connectivity index (χ0) is 15.4. The second-order valence-corrected chi connectivity index (χ2v) is 6.15. The molecule has 0 atom stereocenters. The quantitative estimate of drug-likeness (QED) is 0.680. The van der Waals surface area contributed by atoms with E-state index in [0.29, 0.717) is 12.2 Å². The van der Waals surface area contributed by atoms with E-state index in [4.69, 9.17) is 0 Å². The Balaban J connectivity index is 1.44. The zero-order valence-corrected chi connectivity index (χ0v) is 12.8. The third kappa shape index (κ3) is 3.57. The predicted octanol–water partition coefficient (Wildman–Crippen LogP) is 3.03. The summed E-state index contributed by atoms with van der Waals surface area (Å²) >= 11 is 1.53. The lowest BCUT2D eigenvalue weighted by atomic mass is 10.2. The Morgan fingerprint density at radius 1 is 1.32 bits per heavy atom. The summed E-state index contributed by atoms with van der Waals surface area (Å²) in [6.45, 7) is 0.914. The minimum atomic E-state index is -0.251. The molecule has 1 N–H and O–H groups in total. The topological polar surface area (TPSA) is 46.4 Å². The molecular weight excluding hydrogens is 301 g/mol. The predicted molar refractivity (Wildman–Crippen MR) is 85.5 cm³/mol. The third-order valence-corrected chi connectivity index (χ3v) is 4.46. The number of aromatic nitrogens is 1. The van der Waals surface area contributed by atoms with Gasteiger partial charge in [0.25, 0.3) is 0 Å². The van der Waals surface area contributed by atoms with E-state index in [1.54, 1.807) is 12.1 Å². The van der Waals surface area contributed by atoms with Crippen LogP contribution in [0.3, 0.4) is 0 Å². The van der Waals surface area contributed by atoms with Gasteiger partial charge in [0.15, 0.2) is 0 Å². The van der Waals surface area contributed by atoms with E-state index < -0.39 is 0 Å². The summed E-state index contributed by atoms with van der Waals surface area (Å²) in [5.41, 5.74) is 4.60. The van der Waals surface area contributed by atoms with Crippen LogP contribution in [-0.4, -0.2) is 21.9 Å².